The van der Waals surface area contributed by atoms with Gasteiger partial charge in [0.15, 0.2) is 0 Å². The van der Waals surface area contributed by atoms with Gasteiger partial charge in [-0.3, -0.25) is 0 Å². The Kier molecular flexibility index (Phi) is 4.78. The average molecular weight is 300 g/mol. The Bertz CT molecular complexity index is 583. The van der Waals surface area contributed by atoms with Crippen LogP contribution in [0, 0.1) is 13.8 Å². The number of benzene rings is 1. The number of aromatic nitrogens is 1. The summed E-state index contributed by atoms with van der Waals surface area (Å²) < 4.78 is 11.3. The number of aryl methyl sites for hydroxylation is 2. The maximum atomic E-state index is 6.07. The third-order valence-corrected chi connectivity index (χ3v) is 4.21. The molecule has 4 heteroatoms. The first kappa shape index (κ1) is 15.1. The largest absolute Gasteiger partial charge is 0.490 e. The number of nitrogens with zero attached hydrogens (tertiary/aromatic N) is 2. The van der Waals surface area contributed by atoms with E-state index in [2.05, 4.69) is 41.2 Å². The molecule has 2 aromatic rings. The molecular weight excluding hydrogens is 276 g/mol. The minimum absolute atomic E-state index is 0.339. The summed E-state index contributed by atoms with van der Waals surface area (Å²) in [6.07, 6.45) is 3.45. The summed E-state index contributed by atoms with van der Waals surface area (Å²) >= 11 is 0. The number of piperidine rings is 1. The highest BCUT2D eigenvalue weighted by atomic mass is 16.5. The second-order valence-corrected chi connectivity index (χ2v) is 6.16. The van der Waals surface area contributed by atoms with Crippen LogP contribution in [0.4, 0.5) is 0 Å². The predicted molar refractivity (Wildman–Crippen MR) is 86.2 cm³/mol. The van der Waals surface area contributed by atoms with Crippen LogP contribution in [0.25, 0.3) is 0 Å². The second kappa shape index (κ2) is 6.97. The third kappa shape index (κ3) is 4.10. The van der Waals surface area contributed by atoms with Gasteiger partial charge in [-0.1, -0.05) is 22.9 Å². The predicted octanol–water partition coefficient (Wildman–Crippen LogP) is 3.38. The Balaban J connectivity index is 1.41. The van der Waals surface area contributed by atoms with Gasteiger partial charge in [-0.25, -0.2) is 0 Å². The van der Waals surface area contributed by atoms with E-state index in [0.29, 0.717) is 6.10 Å². The van der Waals surface area contributed by atoms with Crippen LogP contribution in [0.2, 0.25) is 0 Å². The summed E-state index contributed by atoms with van der Waals surface area (Å²) in [5.74, 6) is 1.97. The average Bonchev–Trinajstić information content (AvgIpc) is 2.94. The van der Waals surface area contributed by atoms with Crippen LogP contribution in [0.3, 0.4) is 0 Å². The minimum atomic E-state index is 0.339. The molecule has 0 aliphatic carbocycles. The maximum absolute atomic E-state index is 6.07. The molecule has 1 aromatic carbocycles. The summed E-state index contributed by atoms with van der Waals surface area (Å²) in [6.45, 7) is 7.26. The van der Waals surface area contributed by atoms with Crippen LogP contribution in [0.1, 0.15) is 29.9 Å². The van der Waals surface area contributed by atoms with Crippen molar-refractivity contribution in [2.24, 2.45) is 0 Å². The van der Waals surface area contributed by atoms with E-state index < -0.39 is 0 Å². The van der Waals surface area contributed by atoms with Gasteiger partial charge in [0.05, 0.1) is 5.69 Å². The topological polar surface area (TPSA) is 38.5 Å². The van der Waals surface area contributed by atoms with Crippen molar-refractivity contribution in [2.75, 3.05) is 19.6 Å². The van der Waals surface area contributed by atoms with Crippen molar-refractivity contribution in [1.29, 1.82) is 0 Å². The summed E-state index contributed by atoms with van der Waals surface area (Å²) in [6, 6.07) is 10.4. The molecular formula is C18H24N2O2. The van der Waals surface area contributed by atoms with E-state index in [9.17, 15) is 0 Å². The van der Waals surface area contributed by atoms with Crippen LogP contribution in [0.5, 0.6) is 5.75 Å². The Hall–Kier alpha value is -1.81. The highest BCUT2D eigenvalue weighted by Gasteiger charge is 2.20. The molecule has 1 aromatic heterocycles. The monoisotopic (exact) mass is 300 g/mol. The normalized spacial score (nSPS) is 16.8. The first-order valence-corrected chi connectivity index (χ1v) is 8.07. The van der Waals surface area contributed by atoms with E-state index in [1.54, 1.807) is 0 Å². The fraction of sp³-hybridized carbons (Fsp3) is 0.500. The Labute approximate surface area is 132 Å². The lowest BCUT2D eigenvalue weighted by atomic mass is 10.1. The highest BCUT2D eigenvalue weighted by Crippen LogP contribution is 2.19. The van der Waals surface area contributed by atoms with Gasteiger partial charge >= 0.3 is 0 Å². The first-order valence-electron chi connectivity index (χ1n) is 8.07. The van der Waals surface area contributed by atoms with Crippen LogP contribution < -0.4 is 4.74 Å². The minimum Gasteiger partial charge on any atom is -0.490 e. The van der Waals surface area contributed by atoms with Crippen molar-refractivity contribution in [1.82, 2.24) is 10.1 Å². The lowest BCUT2D eigenvalue weighted by molar-refractivity contribution is 0.100. The van der Waals surface area contributed by atoms with E-state index in [4.69, 9.17) is 9.26 Å². The number of likely N-dealkylation sites (tertiary alicyclic amines) is 1. The summed E-state index contributed by atoms with van der Waals surface area (Å²) in [5.41, 5.74) is 2.23. The van der Waals surface area contributed by atoms with E-state index in [0.717, 1.165) is 56.1 Å². The van der Waals surface area contributed by atoms with Crippen LogP contribution in [-0.2, 0) is 6.42 Å². The Morgan fingerprint density at radius 1 is 1.18 bits per heavy atom. The fourth-order valence-corrected chi connectivity index (χ4v) is 2.86. The molecule has 0 N–H and O–H groups in total. The summed E-state index contributed by atoms with van der Waals surface area (Å²) in [7, 11) is 0. The van der Waals surface area contributed by atoms with E-state index in [1.807, 2.05) is 13.0 Å². The smallest absolute Gasteiger partial charge is 0.138 e. The Morgan fingerprint density at radius 3 is 2.55 bits per heavy atom. The molecule has 118 valence electrons. The number of ether oxygens (including phenoxy) is 1. The third-order valence-electron chi connectivity index (χ3n) is 4.21. The maximum Gasteiger partial charge on any atom is 0.138 e. The zero-order valence-corrected chi connectivity index (χ0v) is 13.4. The molecule has 1 saturated heterocycles. The Morgan fingerprint density at radius 2 is 1.91 bits per heavy atom. The molecule has 0 bridgehead atoms. The van der Waals surface area contributed by atoms with Crippen molar-refractivity contribution in [3.63, 3.8) is 0 Å². The van der Waals surface area contributed by atoms with E-state index in [-0.39, 0.29) is 0 Å². The second-order valence-electron chi connectivity index (χ2n) is 6.16. The van der Waals surface area contributed by atoms with E-state index >= 15 is 0 Å². The molecule has 0 radical (unpaired) electrons. The van der Waals surface area contributed by atoms with Crippen LogP contribution in [0.15, 0.2) is 34.9 Å². The molecule has 1 aliphatic heterocycles. The highest BCUT2D eigenvalue weighted by molar-refractivity contribution is 5.26. The summed E-state index contributed by atoms with van der Waals surface area (Å²) in [4.78, 5) is 2.48. The van der Waals surface area contributed by atoms with Crippen molar-refractivity contribution < 1.29 is 9.26 Å². The molecule has 3 rings (SSSR count). The lowest BCUT2D eigenvalue weighted by Gasteiger charge is -2.31. The molecule has 0 unspecified atom stereocenters. The zero-order chi connectivity index (χ0) is 15.4. The lowest BCUT2D eigenvalue weighted by Crippen LogP contribution is -2.39. The molecule has 0 amide bonds. The van der Waals surface area contributed by atoms with Gasteiger partial charge < -0.3 is 14.2 Å². The van der Waals surface area contributed by atoms with Gasteiger partial charge in [0.25, 0.3) is 0 Å². The number of hydrogen-bond acceptors (Lipinski definition) is 4. The molecule has 22 heavy (non-hydrogen) atoms. The summed E-state index contributed by atoms with van der Waals surface area (Å²) in [5, 5.41) is 3.93. The standard InChI is InChI=1S/C18H24N2O2/c1-14-3-5-16(6-4-14)21-17-7-10-20(11-8-17)12-9-18-13-15(2)19-22-18/h3-6,13,17H,7-12H2,1-2H3. The van der Waals surface area contributed by atoms with Gasteiger partial charge in [0, 0.05) is 32.1 Å². The van der Waals surface area contributed by atoms with Gasteiger partial charge in [0.1, 0.15) is 17.6 Å². The van der Waals surface area contributed by atoms with Crippen molar-refractivity contribution >= 4 is 0 Å². The van der Waals surface area contributed by atoms with Crippen LogP contribution in [-0.4, -0.2) is 35.8 Å². The number of rotatable bonds is 5. The molecule has 0 spiro atoms. The quantitative estimate of drug-likeness (QED) is 0.848. The molecule has 0 saturated carbocycles. The SMILES string of the molecule is Cc1ccc(OC2CCN(CCc3cc(C)no3)CC2)cc1. The molecule has 1 aliphatic rings. The van der Waals surface area contributed by atoms with Crippen molar-refractivity contribution in [3.05, 3.63) is 47.3 Å². The molecule has 2 heterocycles. The number of hydrogen-bond donors (Lipinski definition) is 0. The van der Waals surface area contributed by atoms with Gasteiger partial charge in [0.2, 0.25) is 0 Å². The molecule has 0 atom stereocenters. The van der Waals surface area contributed by atoms with Crippen LogP contribution >= 0.6 is 0 Å². The van der Waals surface area contributed by atoms with Crippen molar-refractivity contribution in [3.8, 4) is 5.75 Å². The van der Waals surface area contributed by atoms with Crippen molar-refractivity contribution in [2.45, 2.75) is 39.2 Å². The molecule has 1 fully saturated rings. The van der Waals surface area contributed by atoms with Gasteiger partial charge in [-0.15, -0.1) is 0 Å². The molecule has 4 nitrogen and oxygen atoms in total. The first-order chi connectivity index (χ1) is 10.7. The zero-order valence-electron chi connectivity index (χ0n) is 13.4. The van der Waals surface area contributed by atoms with Gasteiger partial charge in [-0.2, -0.15) is 0 Å². The van der Waals surface area contributed by atoms with Gasteiger partial charge in [-0.05, 0) is 38.8 Å². The fourth-order valence-electron chi connectivity index (χ4n) is 2.86. The van der Waals surface area contributed by atoms with E-state index in [1.165, 1.54) is 5.56 Å².